The highest BCUT2D eigenvalue weighted by atomic mass is 15.2. The van der Waals surface area contributed by atoms with Gasteiger partial charge in [0.1, 0.15) is 0 Å². The smallest absolute Gasteiger partial charge is 0.00672 e. The lowest BCUT2D eigenvalue weighted by Crippen LogP contribution is -2.43. The van der Waals surface area contributed by atoms with Gasteiger partial charge >= 0.3 is 0 Å². The van der Waals surface area contributed by atoms with E-state index in [9.17, 15) is 0 Å². The average Bonchev–Trinajstić information content (AvgIpc) is 2.12. The van der Waals surface area contributed by atoms with Gasteiger partial charge in [0, 0.05) is 19.1 Å². The lowest BCUT2D eigenvalue weighted by atomic mass is 9.93. The van der Waals surface area contributed by atoms with Crippen molar-refractivity contribution in [2.75, 3.05) is 19.6 Å². The molecule has 14 heavy (non-hydrogen) atoms. The third-order valence-electron chi connectivity index (χ3n) is 3.45. The van der Waals surface area contributed by atoms with Crippen molar-refractivity contribution in [1.29, 1.82) is 0 Å². The zero-order valence-electron chi connectivity index (χ0n) is 10.00. The van der Waals surface area contributed by atoms with Gasteiger partial charge in [0.05, 0.1) is 0 Å². The zero-order chi connectivity index (χ0) is 10.6. The van der Waals surface area contributed by atoms with E-state index in [0.29, 0.717) is 0 Å². The Bertz CT molecular complexity index is 158. The van der Waals surface area contributed by atoms with E-state index in [-0.39, 0.29) is 0 Å². The summed E-state index contributed by atoms with van der Waals surface area (Å²) >= 11 is 0. The normalized spacial score (nSPS) is 31.7. The molecule has 0 amide bonds. The van der Waals surface area contributed by atoms with Crippen molar-refractivity contribution in [2.45, 2.75) is 46.1 Å². The van der Waals surface area contributed by atoms with Crippen LogP contribution in [0.25, 0.3) is 0 Å². The van der Waals surface area contributed by atoms with Crippen LogP contribution in [-0.4, -0.2) is 30.6 Å². The first kappa shape index (κ1) is 12.0. The third kappa shape index (κ3) is 3.58. The largest absolute Gasteiger partial charge is 0.330 e. The molecule has 1 heterocycles. The second kappa shape index (κ2) is 5.72. The highest BCUT2D eigenvalue weighted by Crippen LogP contribution is 2.22. The Kier molecular flexibility index (Phi) is 4.90. The number of rotatable bonds is 4. The summed E-state index contributed by atoms with van der Waals surface area (Å²) < 4.78 is 0. The SMILES string of the molecule is CC(CCN)CN1CC(C)CCC1C. The van der Waals surface area contributed by atoms with Crippen LogP contribution in [0.3, 0.4) is 0 Å². The number of nitrogens with zero attached hydrogens (tertiary/aromatic N) is 1. The fraction of sp³-hybridized carbons (Fsp3) is 1.00. The molecular weight excluding hydrogens is 172 g/mol. The number of likely N-dealkylation sites (tertiary alicyclic amines) is 1. The van der Waals surface area contributed by atoms with Gasteiger partial charge in [-0.15, -0.1) is 0 Å². The maximum Gasteiger partial charge on any atom is 0.00672 e. The predicted molar refractivity (Wildman–Crippen MR) is 62.3 cm³/mol. The Morgan fingerprint density at radius 1 is 1.36 bits per heavy atom. The molecule has 84 valence electrons. The van der Waals surface area contributed by atoms with Crippen LogP contribution in [0.15, 0.2) is 0 Å². The Morgan fingerprint density at radius 3 is 2.71 bits per heavy atom. The molecular formula is C12H26N2. The molecule has 2 heteroatoms. The van der Waals surface area contributed by atoms with Crippen LogP contribution in [-0.2, 0) is 0 Å². The van der Waals surface area contributed by atoms with Crippen LogP contribution in [0.5, 0.6) is 0 Å². The van der Waals surface area contributed by atoms with Crippen molar-refractivity contribution < 1.29 is 0 Å². The molecule has 0 spiro atoms. The molecule has 2 N–H and O–H groups in total. The van der Waals surface area contributed by atoms with Crippen LogP contribution >= 0.6 is 0 Å². The minimum Gasteiger partial charge on any atom is -0.330 e. The van der Waals surface area contributed by atoms with Crippen molar-refractivity contribution in [3.63, 3.8) is 0 Å². The van der Waals surface area contributed by atoms with E-state index in [1.807, 2.05) is 0 Å². The number of piperidine rings is 1. The van der Waals surface area contributed by atoms with E-state index in [1.54, 1.807) is 0 Å². The summed E-state index contributed by atoms with van der Waals surface area (Å²) in [5.41, 5.74) is 5.58. The first-order valence-corrected chi connectivity index (χ1v) is 6.07. The van der Waals surface area contributed by atoms with Gasteiger partial charge in [-0.05, 0) is 44.6 Å². The lowest BCUT2D eigenvalue weighted by Gasteiger charge is -2.38. The molecule has 1 fully saturated rings. The monoisotopic (exact) mass is 198 g/mol. The number of nitrogens with two attached hydrogens (primary N) is 1. The van der Waals surface area contributed by atoms with E-state index >= 15 is 0 Å². The summed E-state index contributed by atoms with van der Waals surface area (Å²) in [6, 6.07) is 0.784. The quantitative estimate of drug-likeness (QED) is 0.749. The van der Waals surface area contributed by atoms with Gasteiger partial charge in [0.15, 0.2) is 0 Å². The van der Waals surface area contributed by atoms with Crippen LogP contribution in [0.2, 0.25) is 0 Å². The third-order valence-corrected chi connectivity index (χ3v) is 3.45. The van der Waals surface area contributed by atoms with E-state index in [2.05, 4.69) is 25.7 Å². The average molecular weight is 198 g/mol. The van der Waals surface area contributed by atoms with Gasteiger partial charge < -0.3 is 10.6 Å². The summed E-state index contributed by atoms with van der Waals surface area (Å²) in [6.45, 7) is 10.4. The van der Waals surface area contributed by atoms with Gasteiger partial charge in [-0.3, -0.25) is 0 Å². The summed E-state index contributed by atoms with van der Waals surface area (Å²) in [4.78, 5) is 2.65. The molecule has 1 aliphatic heterocycles. The molecule has 2 nitrogen and oxygen atoms in total. The molecule has 0 aliphatic carbocycles. The van der Waals surface area contributed by atoms with Crippen molar-refractivity contribution in [1.82, 2.24) is 4.90 Å². The fourth-order valence-corrected chi connectivity index (χ4v) is 2.41. The Morgan fingerprint density at radius 2 is 2.07 bits per heavy atom. The summed E-state index contributed by atoms with van der Waals surface area (Å²) in [5.74, 6) is 1.64. The fourth-order valence-electron chi connectivity index (χ4n) is 2.41. The number of hydrogen-bond donors (Lipinski definition) is 1. The Hall–Kier alpha value is -0.0800. The molecule has 0 bridgehead atoms. The summed E-state index contributed by atoms with van der Waals surface area (Å²) in [6.07, 6.45) is 3.94. The molecule has 0 aromatic rings. The second-order valence-electron chi connectivity index (χ2n) is 5.17. The first-order chi connectivity index (χ1) is 6.63. The number of hydrogen-bond acceptors (Lipinski definition) is 2. The highest BCUT2D eigenvalue weighted by molar-refractivity contribution is 4.78. The minimum atomic E-state index is 0.757. The molecule has 0 saturated carbocycles. The van der Waals surface area contributed by atoms with Crippen LogP contribution < -0.4 is 5.73 Å². The molecule has 3 atom stereocenters. The summed E-state index contributed by atoms with van der Waals surface area (Å²) in [7, 11) is 0. The standard InChI is InChI=1S/C12H26N2/c1-10-4-5-12(3)14(8-10)9-11(2)6-7-13/h10-12H,4-9,13H2,1-3H3. The Labute approximate surface area is 88.8 Å². The van der Waals surface area contributed by atoms with Crippen LogP contribution in [0.1, 0.15) is 40.0 Å². The van der Waals surface area contributed by atoms with Crippen LogP contribution in [0, 0.1) is 11.8 Å². The molecule has 1 saturated heterocycles. The molecule has 1 rings (SSSR count). The first-order valence-electron chi connectivity index (χ1n) is 6.07. The van der Waals surface area contributed by atoms with Crippen molar-refractivity contribution in [3.8, 4) is 0 Å². The van der Waals surface area contributed by atoms with E-state index in [4.69, 9.17) is 5.73 Å². The predicted octanol–water partition coefficient (Wildman–Crippen LogP) is 2.09. The highest BCUT2D eigenvalue weighted by Gasteiger charge is 2.23. The maximum atomic E-state index is 5.58. The zero-order valence-corrected chi connectivity index (χ0v) is 10.00. The van der Waals surface area contributed by atoms with Crippen molar-refractivity contribution in [3.05, 3.63) is 0 Å². The topological polar surface area (TPSA) is 29.3 Å². The van der Waals surface area contributed by atoms with Crippen molar-refractivity contribution >= 4 is 0 Å². The van der Waals surface area contributed by atoms with Gasteiger partial charge in [-0.2, -0.15) is 0 Å². The van der Waals surface area contributed by atoms with E-state index in [0.717, 1.165) is 30.8 Å². The van der Waals surface area contributed by atoms with E-state index in [1.165, 1.54) is 25.9 Å². The van der Waals surface area contributed by atoms with Crippen molar-refractivity contribution in [2.24, 2.45) is 17.6 Å². The van der Waals surface area contributed by atoms with Gasteiger partial charge in [-0.25, -0.2) is 0 Å². The maximum absolute atomic E-state index is 5.58. The van der Waals surface area contributed by atoms with Gasteiger partial charge in [0.2, 0.25) is 0 Å². The molecule has 0 radical (unpaired) electrons. The Balaban J connectivity index is 2.33. The summed E-state index contributed by atoms with van der Waals surface area (Å²) in [5, 5.41) is 0. The molecule has 3 unspecified atom stereocenters. The minimum absolute atomic E-state index is 0.757. The molecule has 1 aliphatic rings. The lowest BCUT2D eigenvalue weighted by molar-refractivity contribution is 0.107. The molecule has 0 aromatic carbocycles. The van der Waals surface area contributed by atoms with E-state index < -0.39 is 0 Å². The second-order valence-corrected chi connectivity index (χ2v) is 5.17. The van der Waals surface area contributed by atoms with Gasteiger partial charge in [-0.1, -0.05) is 13.8 Å². The van der Waals surface area contributed by atoms with Crippen LogP contribution in [0.4, 0.5) is 0 Å². The molecule has 0 aromatic heterocycles. The van der Waals surface area contributed by atoms with Gasteiger partial charge in [0.25, 0.3) is 0 Å².